The second kappa shape index (κ2) is 15.6. The Morgan fingerprint density at radius 2 is 1.91 bits per heavy atom. The van der Waals surface area contributed by atoms with Gasteiger partial charge in [-0.15, -0.1) is 11.3 Å². The molecule has 4 N–H and O–H groups in total. The summed E-state index contributed by atoms with van der Waals surface area (Å²) in [5.74, 6) is 0.327. The molecule has 0 radical (unpaired) electrons. The SMILES string of the molecule is COc1nc(-c2ccnc(-c3cccc(NC(=O)c4ncc(CNCCO)s4)c3C)c2Cl)ccc1CNC1CCN(C(C)=O)CC1. The molecule has 1 aromatic carbocycles. The number of carbonyl (C=O) groups excluding carboxylic acids is 2. The highest BCUT2D eigenvalue weighted by Gasteiger charge is 2.22. The predicted molar refractivity (Wildman–Crippen MR) is 180 cm³/mol. The number of ether oxygens (including phenoxy) is 1. The highest BCUT2D eigenvalue weighted by atomic mass is 35.5. The number of aromatic nitrogens is 3. The van der Waals surface area contributed by atoms with E-state index in [4.69, 9.17) is 26.4 Å². The Bertz CT molecular complexity index is 1690. The Balaban J connectivity index is 1.31. The lowest BCUT2D eigenvalue weighted by Gasteiger charge is -2.31. The lowest BCUT2D eigenvalue weighted by Crippen LogP contribution is -2.44. The van der Waals surface area contributed by atoms with E-state index in [0.717, 1.165) is 47.5 Å². The Labute approximate surface area is 277 Å². The van der Waals surface area contributed by atoms with E-state index in [-0.39, 0.29) is 18.4 Å². The molecule has 1 saturated heterocycles. The van der Waals surface area contributed by atoms with Crippen molar-refractivity contribution in [3.63, 3.8) is 0 Å². The fourth-order valence-electron chi connectivity index (χ4n) is 5.40. The lowest BCUT2D eigenvalue weighted by molar-refractivity contribution is -0.129. The second-order valence-electron chi connectivity index (χ2n) is 11.0. The normalized spacial score (nSPS) is 13.5. The van der Waals surface area contributed by atoms with E-state index in [1.165, 1.54) is 11.3 Å². The molecule has 11 nitrogen and oxygen atoms in total. The molecule has 3 aromatic heterocycles. The van der Waals surface area contributed by atoms with Gasteiger partial charge >= 0.3 is 0 Å². The summed E-state index contributed by atoms with van der Waals surface area (Å²) in [6.45, 7) is 6.69. The summed E-state index contributed by atoms with van der Waals surface area (Å²) in [4.78, 5) is 41.1. The molecule has 242 valence electrons. The highest BCUT2D eigenvalue weighted by molar-refractivity contribution is 7.13. The molecule has 0 spiro atoms. The zero-order valence-electron chi connectivity index (χ0n) is 26.1. The van der Waals surface area contributed by atoms with E-state index in [1.807, 2.05) is 48.2 Å². The molecule has 46 heavy (non-hydrogen) atoms. The van der Waals surface area contributed by atoms with E-state index in [0.29, 0.717) is 64.2 Å². The van der Waals surface area contributed by atoms with Gasteiger partial charge in [0.05, 0.1) is 30.1 Å². The molecule has 1 aliphatic heterocycles. The van der Waals surface area contributed by atoms with Gasteiger partial charge in [-0.2, -0.15) is 0 Å². The molecule has 0 aliphatic carbocycles. The number of methoxy groups -OCH3 is 1. The van der Waals surface area contributed by atoms with Crippen molar-refractivity contribution >= 4 is 40.4 Å². The van der Waals surface area contributed by atoms with Crippen molar-refractivity contribution in [2.24, 2.45) is 0 Å². The first kappa shape index (κ1) is 33.4. The molecule has 1 aliphatic rings. The van der Waals surface area contributed by atoms with E-state index in [1.54, 1.807) is 26.4 Å². The van der Waals surface area contributed by atoms with Crippen LogP contribution >= 0.6 is 22.9 Å². The maximum absolute atomic E-state index is 13.0. The molecule has 0 atom stereocenters. The van der Waals surface area contributed by atoms with Crippen LogP contribution in [0, 0.1) is 6.92 Å². The highest BCUT2D eigenvalue weighted by Crippen LogP contribution is 2.38. The minimum absolute atomic E-state index is 0.0449. The van der Waals surface area contributed by atoms with Crippen molar-refractivity contribution in [1.29, 1.82) is 0 Å². The van der Waals surface area contributed by atoms with Gasteiger partial charge in [0, 0.05) is 85.3 Å². The summed E-state index contributed by atoms with van der Waals surface area (Å²) in [5.41, 5.74) is 5.08. The van der Waals surface area contributed by atoms with Gasteiger partial charge < -0.3 is 30.7 Å². The number of amides is 2. The van der Waals surface area contributed by atoms with Crippen molar-refractivity contribution in [3.8, 4) is 28.4 Å². The van der Waals surface area contributed by atoms with Crippen LogP contribution in [0.2, 0.25) is 5.02 Å². The van der Waals surface area contributed by atoms with Gasteiger partial charge in [0.25, 0.3) is 5.91 Å². The molecule has 5 rings (SSSR count). The number of nitrogens with one attached hydrogen (secondary N) is 3. The first-order chi connectivity index (χ1) is 22.3. The maximum Gasteiger partial charge on any atom is 0.284 e. The number of pyridine rings is 2. The zero-order valence-corrected chi connectivity index (χ0v) is 27.7. The minimum Gasteiger partial charge on any atom is -0.481 e. The number of anilines is 1. The third-order valence-electron chi connectivity index (χ3n) is 7.99. The number of aliphatic hydroxyl groups is 1. The average Bonchev–Trinajstić information content (AvgIpc) is 3.54. The quantitative estimate of drug-likeness (QED) is 0.159. The molecule has 4 heterocycles. The third-order valence-corrected chi connectivity index (χ3v) is 9.37. The zero-order chi connectivity index (χ0) is 32.6. The number of carbonyl (C=O) groups is 2. The monoisotopic (exact) mass is 663 g/mol. The molecule has 4 aromatic rings. The van der Waals surface area contributed by atoms with Gasteiger partial charge in [-0.25, -0.2) is 9.97 Å². The van der Waals surface area contributed by atoms with E-state index < -0.39 is 0 Å². The van der Waals surface area contributed by atoms with Crippen LogP contribution < -0.4 is 20.7 Å². The van der Waals surface area contributed by atoms with Crippen LogP contribution in [-0.4, -0.2) is 76.2 Å². The average molecular weight is 664 g/mol. The third kappa shape index (κ3) is 7.88. The Morgan fingerprint density at radius 1 is 1.11 bits per heavy atom. The first-order valence-electron chi connectivity index (χ1n) is 15.1. The Morgan fingerprint density at radius 3 is 2.65 bits per heavy atom. The number of piperidine rings is 1. The van der Waals surface area contributed by atoms with Crippen molar-refractivity contribution in [3.05, 3.63) is 74.8 Å². The number of hydrogen-bond donors (Lipinski definition) is 4. The fourth-order valence-corrected chi connectivity index (χ4v) is 6.49. The Kier molecular flexibility index (Phi) is 11.3. The van der Waals surface area contributed by atoms with E-state index >= 15 is 0 Å². The standard InChI is InChI=1S/C33H38ClN7O4S/c1-20-25(5-4-6-27(20)39-31(44)33-38-19-24(46-33)18-35-13-16-42)30-29(34)26(9-12-36-30)28-8-7-22(32(40-28)45-3)17-37-23-10-14-41(15-11-23)21(2)43/h4-9,12,19,23,35,37,42H,10-11,13-18H2,1-3H3,(H,39,44). The molecule has 2 amide bonds. The topological polar surface area (TPSA) is 142 Å². The second-order valence-corrected chi connectivity index (χ2v) is 12.5. The smallest absolute Gasteiger partial charge is 0.284 e. The summed E-state index contributed by atoms with van der Waals surface area (Å²) in [7, 11) is 1.60. The number of aliphatic hydroxyl groups excluding tert-OH is 1. The molecular formula is C33H38ClN7O4S. The molecule has 0 bridgehead atoms. The van der Waals surface area contributed by atoms with Crippen LogP contribution in [0.15, 0.2) is 48.8 Å². The first-order valence-corrected chi connectivity index (χ1v) is 16.3. The Hall–Kier alpha value is -3.94. The van der Waals surface area contributed by atoms with Gasteiger partial charge in [-0.05, 0) is 43.5 Å². The number of hydrogen-bond acceptors (Lipinski definition) is 10. The van der Waals surface area contributed by atoms with E-state index in [2.05, 4.69) is 25.9 Å². The molecular weight excluding hydrogens is 626 g/mol. The van der Waals surface area contributed by atoms with Crippen LogP contribution in [0.3, 0.4) is 0 Å². The lowest BCUT2D eigenvalue weighted by atomic mass is 10.0. The summed E-state index contributed by atoms with van der Waals surface area (Å²) in [5, 5.41) is 19.4. The summed E-state index contributed by atoms with van der Waals surface area (Å²) < 4.78 is 5.66. The predicted octanol–water partition coefficient (Wildman–Crippen LogP) is 4.67. The summed E-state index contributed by atoms with van der Waals surface area (Å²) >= 11 is 8.29. The number of nitrogens with zero attached hydrogens (tertiary/aromatic N) is 4. The van der Waals surface area contributed by atoms with Gasteiger partial charge in [0.15, 0.2) is 5.01 Å². The number of thiazole rings is 1. The summed E-state index contributed by atoms with van der Waals surface area (Å²) in [6, 6.07) is 11.7. The number of benzene rings is 1. The van der Waals surface area contributed by atoms with Gasteiger partial charge in [0.2, 0.25) is 11.8 Å². The van der Waals surface area contributed by atoms with Crippen molar-refractivity contribution in [1.82, 2.24) is 30.5 Å². The molecule has 0 unspecified atom stereocenters. The van der Waals surface area contributed by atoms with Crippen molar-refractivity contribution < 1.29 is 19.4 Å². The van der Waals surface area contributed by atoms with Crippen LogP contribution in [0.5, 0.6) is 5.88 Å². The maximum atomic E-state index is 13.0. The number of halogens is 1. The molecule has 1 fully saturated rings. The fraction of sp³-hybridized carbons (Fsp3) is 0.364. The van der Waals surface area contributed by atoms with Crippen LogP contribution in [0.4, 0.5) is 5.69 Å². The summed E-state index contributed by atoms with van der Waals surface area (Å²) in [6.07, 6.45) is 5.17. The van der Waals surface area contributed by atoms with Crippen molar-refractivity contribution in [2.45, 2.75) is 45.8 Å². The molecule has 0 saturated carbocycles. The van der Waals surface area contributed by atoms with Crippen LogP contribution in [-0.2, 0) is 17.9 Å². The van der Waals surface area contributed by atoms with Crippen LogP contribution in [0.25, 0.3) is 22.5 Å². The van der Waals surface area contributed by atoms with Crippen LogP contribution in [0.1, 0.15) is 45.6 Å². The number of rotatable bonds is 12. The molecule has 13 heteroatoms. The largest absolute Gasteiger partial charge is 0.481 e. The van der Waals surface area contributed by atoms with E-state index in [9.17, 15) is 9.59 Å². The minimum atomic E-state index is -0.307. The van der Waals surface area contributed by atoms with Gasteiger partial charge in [-0.1, -0.05) is 29.8 Å². The van der Waals surface area contributed by atoms with Gasteiger partial charge in [-0.3, -0.25) is 14.6 Å². The number of likely N-dealkylation sites (tertiary alicyclic amines) is 1. The van der Waals surface area contributed by atoms with Gasteiger partial charge in [0.1, 0.15) is 0 Å². The van der Waals surface area contributed by atoms with Crippen molar-refractivity contribution in [2.75, 3.05) is 38.7 Å².